The van der Waals surface area contributed by atoms with Gasteiger partial charge in [0.05, 0.1) is 0 Å². The normalized spacial score (nSPS) is 24.1. The maximum atomic E-state index is 4.28. The first-order chi connectivity index (χ1) is 8.21. The van der Waals surface area contributed by atoms with Gasteiger partial charge in [-0.25, -0.2) is 0 Å². The molecule has 1 saturated carbocycles. The van der Waals surface area contributed by atoms with E-state index >= 15 is 0 Å². The molecule has 3 nitrogen and oxygen atoms in total. The van der Waals surface area contributed by atoms with E-state index in [2.05, 4.69) is 36.4 Å². The summed E-state index contributed by atoms with van der Waals surface area (Å²) in [5.41, 5.74) is 0. The number of hydrogen-bond donors (Lipinski definition) is 2. The van der Waals surface area contributed by atoms with E-state index in [1.807, 2.05) is 7.05 Å². The van der Waals surface area contributed by atoms with Crippen molar-refractivity contribution < 1.29 is 0 Å². The van der Waals surface area contributed by atoms with E-state index < -0.39 is 0 Å². The Morgan fingerprint density at radius 3 is 2.50 bits per heavy atom. The fourth-order valence-corrected chi connectivity index (χ4v) is 2.08. The van der Waals surface area contributed by atoms with Crippen molar-refractivity contribution in [3.63, 3.8) is 0 Å². The van der Waals surface area contributed by atoms with E-state index in [9.17, 15) is 0 Å². The molecule has 0 radical (unpaired) electrons. The van der Waals surface area contributed by atoms with Crippen LogP contribution >= 0.6 is 24.0 Å². The van der Waals surface area contributed by atoms with Crippen molar-refractivity contribution in [2.75, 3.05) is 13.6 Å². The van der Waals surface area contributed by atoms with Crippen molar-refractivity contribution in [2.24, 2.45) is 16.8 Å². The fourth-order valence-electron chi connectivity index (χ4n) is 2.08. The first-order valence-electron chi connectivity index (χ1n) is 7.18. The average molecular weight is 367 g/mol. The van der Waals surface area contributed by atoms with Crippen LogP contribution in [0.3, 0.4) is 0 Å². The molecule has 0 spiro atoms. The minimum Gasteiger partial charge on any atom is -0.356 e. The number of unbranched alkanes of at least 4 members (excludes halogenated alkanes) is 1. The zero-order valence-electron chi connectivity index (χ0n) is 12.3. The Hall–Kier alpha value is 0. The second-order valence-electron chi connectivity index (χ2n) is 5.33. The molecule has 2 N–H and O–H groups in total. The molecule has 1 aliphatic carbocycles. The largest absolute Gasteiger partial charge is 0.356 e. The lowest BCUT2D eigenvalue weighted by molar-refractivity contribution is 0.443. The molecule has 0 bridgehead atoms. The fraction of sp³-hybridized carbons (Fsp3) is 0.929. The first kappa shape index (κ1) is 18.0. The van der Waals surface area contributed by atoms with E-state index in [-0.39, 0.29) is 24.0 Å². The molecule has 1 aliphatic rings. The van der Waals surface area contributed by atoms with Gasteiger partial charge in [0.2, 0.25) is 0 Å². The highest BCUT2D eigenvalue weighted by Gasteiger charge is 2.33. The second-order valence-corrected chi connectivity index (χ2v) is 5.33. The van der Waals surface area contributed by atoms with E-state index in [1.165, 1.54) is 32.1 Å². The zero-order valence-corrected chi connectivity index (χ0v) is 14.7. The van der Waals surface area contributed by atoms with Crippen LogP contribution in [-0.4, -0.2) is 25.6 Å². The summed E-state index contributed by atoms with van der Waals surface area (Å²) in [5, 5.41) is 6.92. The number of nitrogens with zero attached hydrogens (tertiary/aromatic N) is 1. The van der Waals surface area contributed by atoms with Crippen molar-refractivity contribution >= 4 is 29.9 Å². The molecular weight excluding hydrogens is 337 g/mol. The van der Waals surface area contributed by atoms with Crippen LogP contribution in [0.1, 0.15) is 52.9 Å². The van der Waals surface area contributed by atoms with Gasteiger partial charge < -0.3 is 10.6 Å². The van der Waals surface area contributed by atoms with Crippen molar-refractivity contribution in [3.8, 4) is 0 Å². The van der Waals surface area contributed by atoms with Crippen LogP contribution < -0.4 is 10.6 Å². The van der Waals surface area contributed by atoms with Gasteiger partial charge in [0.25, 0.3) is 0 Å². The molecule has 0 aromatic rings. The van der Waals surface area contributed by atoms with Gasteiger partial charge in [-0.05, 0) is 24.7 Å². The number of hydrogen-bond acceptors (Lipinski definition) is 1. The maximum absolute atomic E-state index is 4.28. The van der Waals surface area contributed by atoms with Gasteiger partial charge in [0.15, 0.2) is 5.96 Å². The van der Waals surface area contributed by atoms with Gasteiger partial charge in [-0.3, -0.25) is 4.99 Å². The molecule has 0 amide bonds. The van der Waals surface area contributed by atoms with Crippen LogP contribution in [0.25, 0.3) is 0 Å². The van der Waals surface area contributed by atoms with Gasteiger partial charge >= 0.3 is 0 Å². The molecule has 0 aliphatic heterocycles. The van der Waals surface area contributed by atoms with Crippen LogP contribution in [0.15, 0.2) is 4.99 Å². The SMILES string of the molecule is CCCCC(CC)CNC(=NC)NC1CC1C.I. The first-order valence-corrected chi connectivity index (χ1v) is 7.18. The minimum atomic E-state index is 0. The molecule has 4 heteroatoms. The predicted octanol–water partition coefficient (Wildman–Crippen LogP) is 3.39. The van der Waals surface area contributed by atoms with E-state index in [1.54, 1.807) is 0 Å². The molecule has 1 rings (SSSR count). The summed E-state index contributed by atoms with van der Waals surface area (Å²) in [6, 6.07) is 0.650. The van der Waals surface area contributed by atoms with Gasteiger partial charge in [-0.2, -0.15) is 0 Å². The highest BCUT2D eigenvalue weighted by atomic mass is 127. The molecule has 0 aromatic carbocycles. The van der Waals surface area contributed by atoms with E-state index in [0.717, 1.165) is 24.3 Å². The van der Waals surface area contributed by atoms with Crippen LogP contribution in [0, 0.1) is 11.8 Å². The molecule has 3 unspecified atom stereocenters. The summed E-state index contributed by atoms with van der Waals surface area (Å²) >= 11 is 0. The van der Waals surface area contributed by atoms with Crippen molar-refractivity contribution in [3.05, 3.63) is 0 Å². The molecule has 1 fully saturated rings. The average Bonchev–Trinajstić information content (AvgIpc) is 3.03. The lowest BCUT2D eigenvalue weighted by atomic mass is 9.99. The highest BCUT2D eigenvalue weighted by Crippen LogP contribution is 2.28. The van der Waals surface area contributed by atoms with Crippen molar-refractivity contribution in [2.45, 2.75) is 58.9 Å². The van der Waals surface area contributed by atoms with Crippen molar-refractivity contribution in [1.82, 2.24) is 10.6 Å². The Balaban J connectivity index is 0.00000289. The van der Waals surface area contributed by atoms with Crippen LogP contribution in [0.4, 0.5) is 0 Å². The second kappa shape index (κ2) is 9.87. The zero-order chi connectivity index (χ0) is 12.7. The molecular formula is C14H30IN3. The Kier molecular flexibility index (Phi) is 9.87. The molecule has 0 heterocycles. The van der Waals surface area contributed by atoms with Gasteiger partial charge in [0, 0.05) is 19.6 Å². The minimum absolute atomic E-state index is 0. The molecule has 108 valence electrons. The highest BCUT2D eigenvalue weighted by molar-refractivity contribution is 14.0. The van der Waals surface area contributed by atoms with Gasteiger partial charge in [-0.15, -0.1) is 24.0 Å². The van der Waals surface area contributed by atoms with Crippen molar-refractivity contribution in [1.29, 1.82) is 0 Å². The summed E-state index contributed by atoms with van der Waals surface area (Å²) in [7, 11) is 1.86. The number of guanidine groups is 1. The number of aliphatic imine (C=N–C) groups is 1. The molecule has 18 heavy (non-hydrogen) atoms. The maximum Gasteiger partial charge on any atom is 0.191 e. The number of halogens is 1. The Morgan fingerprint density at radius 2 is 2.06 bits per heavy atom. The standard InChI is InChI=1S/C14H29N3.HI/c1-5-7-8-12(6-2)10-16-14(15-4)17-13-9-11(13)3;/h11-13H,5-10H2,1-4H3,(H2,15,16,17);1H. The smallest absolute Gasteiger partial charge is 0.191 e. The Morgan fingerprint density at radius 1 is 1.39 bits per heavy atom. The number of nitrogens with one attached hydrogen (secondary N) is 2. The predicted molar refractivity (Wildman–Crippen MR) is 90.8 cm³/mol. The number of rotatable bonds is 7. The Labute approximate surface area is 130 Å². The topological polar surface area (TPSA) is 36.4 Å². The summed E-state index contributed by atoms with van der Waals surface area (Å²) in [6.07, 6.45) is 6.50. The third-order valence-corrected chi connectivity index (χ3v) is 3.76. The monoisotopic (exact) mass is 367 g/mol. The molecule has 3 atom stereocenters. The van der Waals surface area contributed by atoms with E-state index in [0.29, 0.717) is 6.04 Å². The van der Waals surface area contributed by atoms with Crippen LogP contribution in [0.5, 0.6) is 0 Å². The third kappa shape index (κ3) is 6.81. The third-order valence-electron chi connectivity index (χ3n) is 3.76. The van der Waals surface area contributed by atoms with Crippen LogP contribution in [0.2, 0.25) is 0 Å². The van der Waals surface area contributed by atoms with Crippen LogP contribution in [-0.2, 0) is 0 Å². The summed E-state index contributed by atoms with van der Waals surface area (Å²) < 4.78 is 0. The quantitative estimate of drug-likeness (QED) is 0.411. The van der Waals surface area contributed by atoms with E-state index in [4.69, 9.17) is 0 Å². The van der Waals surface area contributed by atoms with Gasteiger partial charge in [0.1, 0.15) is 0 Å². The molecule has 0 saturated heterocycles. The summed E-state index contributed by atoms with van der Waals surface area (Å²) in [5.74, 6) is 2.58. The summed E-state index contributed by atoms with van der Waals surface area (Å²) in [6.45, 7) is 7.87. The lowest BCUT2D eigenvalue weighted by Gasteiger charge is -2.18. The molecule has 0 aromatic heterocycles. The summed E-state index contributed by atoms with van der Waals surface area (Å²) in [4.78, 5) is 4.28. The van der Waals surface area contributed by atoms with Gasteiger partial charge in [-0.1, -0.05) is 40.0 Å². The Bertz CT molecular complexity index is 243. The lowest BCUT2D eigenvalue weighted by Crippen LogP contribution is -2.41.